The second kappa shape index (κ2) is 5.70. The molecule has 3 N–H and O–H groups in total. The van der Waals surface area contributed by atoms with Gasteiger partial charge in [0.25, 0.3) is 0 Å². The van der Waals surface area contributed by atoms with Crippen LogP contribution < -0.4 is 10.6 Å². The molecule has 7 heteroatoms. The van der Waals surface area contributed by atoms with Gasteiger partial charge in [0, 0.05) is 25.0 Å². The molecular formula is C11H19N3O4. The smallest absolute Gasteiger partial charge is 0.318 e. The van der Waals surface area contributed by atoms with Gasteiger partial charge in [0.1, 0.15) is 6.54 Å². The highest BCUT2D eigenvalue weighted by molar-refractivity contribution is 5.85. The van der Waals surface area contributed by atoms with Gasteiger partial charge in [0.15, 0.2) is 0 Å². The van der Waals surface area contributed by atoms with E-state index in [0.717, 1.165) is 0 Å². The minimum Gasteiger partial charge on any atom is -0.481 e. The van der Waals surface area contributed by atoms with Crippen molar-refractivity contribution in [2.24, 2.45) is 0 Å². The second-order valence-electron chi connectivity index (χ2n) is 4.98. The van der Waals surface area contributed by atoms with Gasteiger partial charge < -0.3 is 20.6 Å². The molecular weight excluding hydrogens is 238 g/mol. The zero-order chi connectivity index (χ0) is 13.8. The summed E-state index contributed by atoms with van der Waals surface area (Å²) in [6, 6.07) is -0.333. The molecule has 1 saturated heterocycles. The third-order valence-electron chi connectivity index (χ3n) is 2.73. The van der Waals surface area contributed by atoms with Gasteiger partial charge in [-0.25, -0.2) is 4.79 Å². The molecule has 3 amide bonds. The van der Waals surface area contributed by atoms with Crippen LogP contribution in [0.15, 0.2) is 0 Å². The fourth-order valence-corrected chi connectivity index (χ4v) is 1.66. The van der Waals surface area contributed by atoms with Crippen molar-refractivity contribution in [3.05, 3.63) is 0 Å². The van der Waals surface area contributed by atoms with E-state index in [9.17, 15) is 14.4 Å². The largest absolute Gasteiger partial charge is 0.481 e. The van der Waals surface area contributed by atoms with E-state index in [1.807, 2.05) is 0 Å². The van der Waals surface area contributed by atoms with Crippen LogP contribution in [-0.4, -0.2) is 53.1 Å². The topological polar surface area (TPSA) is 98.7 Å². The zero-order valence-corrected chi connectivity index (χ0v) is 10.7. The summed E-state index contributed by atoms with van der Waals surface area (Å²) in [4.78, 5) is 35.0. The van der Waals surface area contributed by atoms with E-state index in [1.165, 1.54) is 4.90 Å². The lowest BCUT2D eigenvalue weighted by atomic mass is 9.99. The highest BCUT2D eigenvalue weighted by atomic mass is 16.4. The molecule has 1 rings (SSSR count). The molecule has 0 radical (unpaired) electrons. The molecule has 0 unspecified atom stereocenters. The van der Waals surface area contributed by atoms with Crippen molar-refractivity contribution in [3.63, 3.8) is 0 Å². The van der Waals surface area contributed by atoms with E-state index in [4.69, 9.17) is 5.11 Å². The van der Waals surface area contributed by atoms with E-state index < -0.39 is 11.5 Å². The minimum absolute atomic E-state index is 0.00618. The van der Waals surface area contributed by atoms with Crippen molar-refractivity contribution in [1.29, 1.82) is 0 Å². The van der Waals surface area contributed by atoms with Crippen LogP contribution in [0.4, 0.5) is 4.79 Å². The number of nitrogens with zero attached hydrogens (tertiary/aromatic N) is 1. The third kappa shape index (κ3) is 4.60. The SMILES string of the molecule is CC(C)(CCC(=O)O)NC(=O)N1CCNC(=O)C1. The maximum atomic E-state index is 11.9. The number of aliphatic carboxylic acids is 1. The van der Waals surface area contributed by atoms with Gasteiger partial charge in [0.05, 0.1) is 0 Å². The molecule has 0 aliphatic carbocycles. The first kappa shape index (κ1) is 14.3. The molecule has 0 aromatic rings. The quantitative estimate of drug-likeness (QED) is 0.648. The molecule has 0 atom stereocenters. The highest BCUT2D eigenvalue weighted by Gasteiger charge is 2.27. The Morgan fingerprint density at radius 3 is 2.72 bits per heavy atom. The number of carboxylic acids is 1. The number of nitrogens with one attached hydrogen (secondary N) is 2. The Labute approximate surface area is 106 Å². The van der Waals surface area contributed by atoms with Gasteiger partial charge >= 0.3 is 12.0 Å². The summed E-state index contributed by atoms with van der Waals surface area (Å²) in [6.07, 6.45) is 0.335. The van der Waals surface area contributed by atoms with Gasteiger partial charge in [-0.2, -0.15) is 0 Å². The predicted octanol–water partition coefficient (Wildman–Crippen LogP) is -0.229. The molecule has 18 heavy (non-hydrogen) atoms. The van der Waals surface area contributed by atoms with E-state index in [1.54, 1.807) is 13.8 Å². The monoisotopic (exact) mass is 257 g/mol. The number of amides is 3. The highest BCUT2D eigenvalue weighted by Crippen LogP contribution is 2.12. The van der Waals surface area contributed by atoms with Crippen molar-refractivity contribution in [3.8, 4) is 0 Å². The van der Waals surface area contributed by atoms with E-state index >= 15 is 0 Å². The number of rotatable bonds is 4. The number of piperazine rings is 1. The van der Waals surface area contributed by atoms with Crippen molar-refractivity contribution in [1.82, 2.24) is 15.5 Å². The number of carbonyl (C=O) groups excluding carboxylic acids is 2. The first-order valence-corrected chi connectivity index (χ1v) is 5.86. The summed E-state index contributed by atoms with van der Waals surface area (Å²) in [5.41, 5.74) is -0.608. The van der Waals surface area contributed by atoms with Crippen LogP contribution in [0, 0.1) is 0 Å². The Morgan fingerprint density at radius 1 is 1.50 bits per heavy atom. The molecule has 7 nitrogen and oxygen atoms in total. The lowest BCUT2D eigenvalue weighted by molar-refractivity contribution is -0.137. The Balaban J connectivity index is 2.47. The molecule has 0 spiro atoms. The van der Waals surface area contributed by atoms with Crippen LogP contribution in [0.1, 0.15) is 26.7 Å². The maximum Gasteiger partial charge on any atom is 0.318 e. The molecule has 1 aliphatic heterocycles. The fraction of sp³-hybridized carbons (Fsp3) is 0.727. The zero-order valence-electron chi connectivity index (χ0n) is 10.7. The summed E-state index contributed by atoms with van der Waals surface area (Å²) in [7, 11) is 0. The second-order valence-corrected chi connectivity index (χ2v) is 4.98. The summed E-state index contributed by atoms with van der Waals surface area (Å²) >= 11 is 0. The van der Waals surface area contributed by atoms with Crippen LogP contribution in [0.2, 0.25) is 0 Å². The van der Waals surface area contributed by atoms with Crippen LogP contribution in [-0.2, 0) is 9.59 Å². The van der Waals surface area contributed by atoms with Crippen LogP contribution in [0.3, 0.4) is 0 Å². The average Bonchev–Trinajstić information content (AvgIpc) is 2.26. The number of hydrogen-bond acceptors (Lipinski definition) is 3. The molecule has 0 saturated carbocycles. The van der Waals surface area contributed by atoms with Crippen LogP contribution in [0.5, 0.6) is 0 Å². The lowest BCUT2D eigenvalue weighted by Crippen LogP contribution is -2.56. The van der Waals surface area contributed by atoms with Crippen molar-refractivity contribution >= 4 is 17.9 Å². The van der Waals surface area contributed by atoms with Crippen LogP contribution in [0.25, 0.3) is 0 Å². The fourth-order valence-electron chi connectivity index (χ4n) is 1.66. The Hall–Kier alpha value is -1.79. The number of carboxylic acid groups (broad SMARTS) is 1. The van der Waals surface area contributed by atoms with Gasteiger partial charge in [-0.05, 0) is 20.3 Å². The van der Waals surface area contributed by atoms with Gasteiger partial charge in [-0.1, -0.05) is 0 Å². The Bertz CT molecular complexity index is 354. The maximum absolute atomic E-state index is 11.9. The standard InChI is InChI=1S/C11H19N3O4/c1-11(2,4-3-9(16)17)13-10(18)14-6-5-12-8(15)7-14/h3-7H2,1-2H3,(H,12,15)(H,13,18)(H,16,17). The van der Waals surface area contributed by atoms with Crippen LogP contribution >= 0.6 is 0 Å². The first-order chi connectivity index (χ1) is 8.30. The molecule has 0 aromatic carbocycles. The Morgan fingerprint density at radius 2 is 2.17 bits per heavy atom. The van der Waals surface area contributed by atoms with Crippen molar-refractivity contribution < 1.29 is 19.5 Å². The average molecular weight is 257 g/mol. The number of hydrogen-bond donors (Lipinski definition) is 3. The van der Waals surface area contributed by atoms with Gasteiger partial charge in [-0.15, -0.1) is 0 Å². The summed E-state index contributed by atoms with van der Waals surface area (Å²) in [5, 5.41) is 14.0. The third-order valence-corrected chi connectivity index (χ3v) is 2.73. The molecule has 102 valence electrons. The normalized spacial score (nSPS) is 16.1. The first-order valence-electron chi connectivity index (χ1n) is 5.86. The molecule has 0 aromatic heterocycles. The number of urea groups is 1. The molecule has 1 aliphatic rings. The van der Waals surface area contributed by atoms with E-state index in [-0.39, 0.29) is 24.9 Å². The van der Waals surface area contributed by atoms with Crippen molar-refractivity contribution in [2.75, 3.05) is 19.6 Å². The predicted molar refractivity (Wildman–Crippen MR) is 64.1 cm³/mol. The molecule has 0 bridgehead atoms. The van der Waals surface area contributed by atoms with Gasteiger partial charge in [0.2, 0.25) is 5.91 Å². The summed E-state index contributed by atoms with van der Waals surface area (Å²) < 4.78 is 0. The summed E-state index contributed by atoms with van der Waals surface area (Å²) in [6.45, 7) is 4.48. The lowest BCUT2D eigenvalue weighted by Gasteiger charge is -2.32. The van der Waals surface area contributed by atoms with Gasteiger partial charge in [-0.3, -0.25) is 9.59 Å². The molecule has 1 heterocycles. The Kier molecular flexibility index (Phi) is 4.52. The summed E-state index contributed by atoms with van der Waals surface area (Å²) in [5.74, 6) is -1.07. The number of carbonyl (C=O) groups is 3. The molecule has 1 fully saturated rings. The van der Waals surface area contributed by atoms with E-state index in [0.29, 0.717) is 19.5 Å². The minimum atomic E-state index is -0.894. The van der Waals surface area contributed by atoms with E-state index in [2.05, 4.69) is 10.6 Å². The van der Waals surface area contributed by atoms with Crippen molar-refractivity contribution in [2.45, 2.75) is 32.2 Å².